The van der Waals surface area contributed by atoms with Crippen LogP contribution in [-0.4, -0.2) is 36.0 Å². The van der Waals surface area contributed by atoms with E-state index in [1.54, 1.807) is 0 Å². The molecule has 3 nitrogen and oxygen atoms in total. The second-order valence-corrected chi connectivity index (χ2v) is 6.96. The number of hydrogen-bond donors (Lipinski definition) is 2. The summed E-state index contributed by atoms with van der Waals surface area (Å²) >= 11 is 0. The summed E-state index contributed by atoms with van der Waals surface area (Å²) in [6.07, 6.45) is 10.6. The predicted molar refractivity (Wildman–Crippen MR) is 82.9 cm³/mol. The maximum atomic E-state index is 10.7. The Labute approximate surface area is 124 Å². The average molecular weight is 283 g/mol. The molecule has 2 atom stereocenters. The van der Waals surface area contributed by atoms with Crippen molar-refractivity contribution < 1.29 is 9.84 Å². The van der Waals surface area contributed by atoms with Gasteiger partial charge in [0.05, 0.1) is 11.7 Å². The van der Waals surface area contributed by atoms with Crippen LogP contribution < -0.4 is 5.32 Å². The first kappa shape index (κ1) is 16.3. The molecule has 2 unspecified atom stereocenters. The Hall–Kier alpha value is -0.120. The second-order valence-electron chi connectivity index (χ2n) is 6.96. The van der Waals surface area contributed by atoms with E-state index in [9.17, 15) is 5.11 Å². The summed E-state index contributed by atoms with van der Waals surface area (Å²) in [4.78, 5) is 0. The first-order valence-electron chi connectivity index (χ1n) is 8.72. The molecule has 0 radical (unpaired) electrons. The molecular weight excluding hydrogens is 250 g/mol. The van der Waals surface area contributed by atoms with E-state index in [1.807, 2.05) is 0 Å². The number of nitrogens with one attached hydrogen (secondary N) is 1. The first-order valence-corrected chi connectivity index (χ1v) is 8.72. The molecule has 2 fully saturated rings. The molecular formula is C17H33NO2. The van der Waals surface area contributed by atoms with Crippen molar-refractivity contribution in [2.24, 2.45) is 5.92 Å². The molecule has 0 bridgehead atoms. The topological polar surface area (TPSA) is 41.5 Å². The average Bonchev–Trinajstić information content (AvgIpc) is 2.47. The van der Waals surface area contributed by atoms with Gasteiger partial charge in [0, 0.05) is 19.2 Å². The summed E-state index contributed by atoms with van der Waals surface area (Å²) in [7, 11) is 0. The predicted octanol–water partition coefficient (Wildman–Crippen LogP) is 3.26. The van der Waals surface area contributed by atoms with Gasteiger partial charge in [-0.1, -0.05) is 26.7 Å². The third-order valence-corrected chi connectivity index (χ3v) is 5.31. The third kappa shape index (κ3) is 4.71. The monoisotopic (exact) mass is 283 g/mol. The summed E-state index contributed by atoms with van der Waals surface area (Å²) in [5, 5.41) is 14.3. The van der Waals surface area contributed by atoms with Gasteiger partial charge in [-0.05, 0) is 50.9 Å². The van der Waals surface area contributed by atoms with Crippen molar-refractivity contribution in [2.75, 3.05) is 13.2 Å². The molecule has 2 aliphatic rings. The summed E-state index contributed by atoms with van der Waals surface area (Å²) in [5.41, 5.74) is -0.454. The van der Waals surface area contributed by atoms with Gasteiger partial charge in [-0.3, -0.25) is 0 Å². The lowest BCUT2D eigenvalue weighted by Gasteiger charge is -2.38. The molecule has 118 valence electrons. The number of ether oxygens (including phenoxy) is 1. The minimum absolute atomic E-state index is 0.428. The molecule has 20 heavy (non-hydrogen) atoms. The standard InChI is InChI=1S/C17H33NO2/c1-3-5-16-12-15(8-11-20-16)18-13-17(19)9-6-14(4-2)7-10-17/h14-16,18-19H,3-13H2,1-2H3. The minimum Gasteiger partial charge on any atom is -0.389 e. The van der Waals surface area contributed by atoms with Crippen molar-refractivity contribution in [3.05, 3.63) is 0 Å². The molecule has 0 aromatic rings. The maximum absolute atomic E-state index is 10.7. The van der Waals surface area contributed by atoms with Gasteiger partial charge in [-0.15, -0.1) is 0 Å². The van der Waals surface area contributed by atoms with Crippen molar-refractivity contribution in [3.8, 4) is 0 Å². The molecule has 1 aliphatic heterocycles. The van der Waals surface area contributed by atoms with E-state index < -0.39 is 5.60 Å². The zero-order valence-corrected chi connectivity index (χ0v) is 13.4. The first-order chi connectivity index (χ1) is 9.65. The Balaban J connectivity index is 1.71. The van der Waals surface area contributed by atoms with Crippen molar-refractivity contribution in [1.82, 2.24) is 5.32 Å². The highest BCUT2D eigenvalue weighted by molar-refractivity contribution is 4.89. The van der Waals surface area contributed by atoms with Crippen LogP contribution >= 0.6 is 0 Å². The fourth-order valence-corrected chi connectivity index (χ4v) is 3.72. The van der Waals surface area contributed by atoms with E-state index in [4.69, 9.17) is 4.74 Å². The zero-order valence-electron chi connectivity index (χ0n) is 13.4. The van der Waals surface area contributed by atoms with Crippen molar-refractivity contribution in [3.63, 3.8) is 0 Å². The van der Waals surface area contributed by atoms with E-state index in [-0.39, 0.29) is 0 Å². The van der Waals surface area contributed by atoms with Crippen LogP contribution in [0.25, 0.3) is 0 Å². The Bertz CT molecular complexity index is 272. The minimum atomic E-state index is -0.454. The molecule has 2 rings (SSSR count). The van der Waals surface area contributed by atoms with Crippen molar-refractivity contribution >= 4 is 0 Å². The maximum Gasteiger partial charge on any atom is 0.0771 e. The Morgan fingerprint density at radius 3 is 2.60 bits per heavy atom. The van der Waals surface area contributed by atoms with Gasteiger partial charge in [0.15, 0.2) is 0 Å². The van der Waals surface area contributed by atoms with E-state index in [0.717, 1.165) is 44.8 Å². The van der Waals surface area contributed by atoms with Crippen LogP contribution in [0.15, 0.2) is 0 Å². The van der Waals surface area contributed by atoms with E-state index in [2.05, 4.69) is 19.2 Å². The summed E-state index contributed by atoms with van der Waals surface area (Å²) in [5.74, 6) is 0.840. The van der Waals surface area contributed by atoms with Crippen molar-refractivity contribution in [1.29, 1.82) is 0 Å². The van der Waals surface area contributed by atoms with E-state index in [1.165, 1.54) is 32.1 Å². The molecule has 1 saturated heterocycles. The lowest BCUT2D eigenvalue weighted by molar-refractivity contribution is -0.0278. The van der Waals surface area contributed by atoms with Crippen LogP contribution in [0.2, 0.25) is 0 Å². The number of aliphatic hydroxyl groups is 1. The molecule has 0 spiro atoms. The zero-order chi connectivity index (χ0) is 14.4. The molecule has 0 aromatic carbocycles. The number of hydrogen-bond acceptors (Lipinski definition) is 3. The van der Waals surface area contributed by atoms with Gasteiger partial charge in [0.2, 0.25) is 0 Å². The highest BCUT2D eigenvalue weighted by Crippen LogP contribution is 2.33. The van der Waals surface area contributed by atoms with E-state index in [0.29, 0.717) is 12.1 Å². The van der Waals surface area contributed by atoms with Gasteiger partial charge in [-0.2, -0.15) is 0 Å². The summed E-state index contributed by atoms with van der Waals surface area (Å²) < 4.78 is 5.79. The van der Waals surface area contributed by atoms with Crippen LogP contribution in [0.1, 0.15) is 71.6 Å². The molecule has 0 aromatic heterocycles. The van der Waals surface area contributed by atoms with E-state index >= 15 is 0 Å². The quantitative estimate of drug-likeness (QED) is 0.786. The van der Waals surface area contributed by atoms with Crippen LogP contribution in [0, 0.1) is 5.92 Å². The molecule has 2 N–H and O–H groups in total. The van der Waals surface area contributed by atoms with Crippen LogP contribution in [-0.2, 0) is 4.74 Å². The smallest absolute Gasteiger partial charge is 0.0771 e. The fourth-order valence-electron chi connectivity index (χ4n) is 3.72. The largest absolute Gasteiger partial charge is 0.389 e. The molecule has 1 heterocycles. The Morgan fingerprint density at radius 1 is 1.20 bits per heavy atom. The normalized spacial score (nSPS) is 38.9. The van der Waals surface area contributed by atoms with Gasteiger partial charge >= 0.3 is 0 Å². The molecule has 1 saturated carbocycles. The summed E-state index contributed by atoms with van der Waals surface area (Å²) in [6, 6.07) is 0.535. The van der Waals surface area contributed by atoms with Crippen molar-refractivity contribution in [2.45, 2.75) is 89.4 Å². The lowest BCUT2D eigenvalue weighted by atomic mass is 9.77. The number of rotatable bonds is 6. The van der Waals surface area contributed by atoms with Gasteiger partial charge < -0.3 is 15.2 Å². The van der Waals surface area contributed by atoms with Crippen LogP contribution in [0.3, 0.4) is 0 Å². The molecule has 0 amide bonds. The van der Waals surface area contributed by atoms with Crippen LogP contribution in [0.4, 0.5) is 0 Å². The lowest BCUT2D eigenvalue weighted by Crippen LogP contribution is -2.48. The highest BCUT2D eigenvalue weighted by atomic mass is 16.5. The Morgan fingerprint density at radius 2 is 1.95 bits per heavy atom. The van der Waals surface area contributed by atoms with Gasteiger partial charge in [0.25, 0.3) is 0 Å². The fraction of sp³-hybridized carbons (Fsp3) is 1.00. The van der Waals surface area contributed by atoms with Gasteiger partial charge in [-0.25, -0.2) is 0 Å². The molecule has 3 heteroatoms. The SMILES string of the molecule is CCCC1CC(NCC2(O)CCC(CC)CC2)CCO1. The molecule has 1 aliphatic carbocycles. The summed E-state index contributed by atoms with van der Waals surface area (Å²) in [6.45, 7) is 6.13. The highest BCUT2D eigenvalue weighted by Gasteiger charge is 2.33. The second kappa shape index (κ2) is 7.77. The van der Waals surface area contributed by atoms with Crippen LogP contribution in [0.5, 0.6) is 0 Å². The third-order valence-electron chi connectivity index (χ3n) is 5.31. The Kier molecular flexibility index (Phi) is 6.31. The van der Waals surface area contributed by atoms with Gasteiger partial charge in [0.1, 0.15) is 0 Å².